The van der Waals surface area contributed by atoms with Crippen LogP contribution in [0.5, 0.6) is 0 Å². The Balaban J connectivity index is 1.67. The lowest BCUT2D eigenvalue weighted by atomic mass is 10.1. The summed E-state index contributed by atoms with van der Waals surface area (Å²) in [6, 6.07) is 14.4. The first-order valence-corrected chi connectivity index (χ1v) is 8.19. The van der Waals surface area contributed by atoms with Crippen LogP contribution in [0.4, 0.5) is 17.2 Å². The second kappa shape index (κ2) is 7.06. The van der Waals surface area contributed by atoms with Gasteiger partial charge in [-0.25, -0.2) is 4.98 Å². The van der Waals surface area contributed by atoms with Crippen LogP contribution in [-0.4, -0.2) is 16.7 Å². The minimum atomic E-state index is -0.151. The van der Waals surface area contributed by atoms with E-state index in [0.29, 0.717) is 21.9 Å². The quantitative estimate of drug-likeness (QED) is 0.679. The summed E-state index contributed by atoms with van der Waals surface area (Å²) >= 11 is 1.39. The monoisotopic (exact) mass is 337 g/mol. The van der Waals surface area contributed by atoms with Crippen molar-refractivity contribution in [2.24, 2.45) is 0 Å². The van der Waals surface area contributed by atoms with Gasteiger partial charge in [0.1, 0.15) is 5.82 Å². The molecule has 120 valence electrons. The number of Topliss-reactive ketones (excluding diaryl/α,β-unsaturated/α-hetero) is 1. The Labute approximate surface area is 143 Å². The first kappa shape index (κ1) is 15.9. The topological polar surface area (TPSA) is 71.1 Å². The molecule has 6 heteroatoms. The Hall–Kier alpha value is -2.99. The first-order valence-electron chi connectivity index (χ1n) is 7.31. The molecule has 2 aromatic heterocycles. The van der Waals surface area contributed by atoms with Crippen LogP contribution in [0.1, 0.15) is 27.0 Å². The molecule has 0 unspecified atom stereocenters. The number of amides is 1. The summed E-state index contributed by atoms with van der Waals surface area (Å²) in [5, 5.41) is 7.79. The van der Waals surface area contributed by atoms with Gasteiger partial charge in [-0.2, -0.15) is 0 Å². The van der Waals surface area contributed by atoms with Gasteiger partial charge in [0.05, 0.1) is 16.8 Å². The van der Waals surface area contributed by atoms with E-state index in [2.05, 4.69) is 15.6 Å². The molecule has 0 aliphatic rings. The molecule has 2 heterocycles. The lowest BCUT2D eigenvalue weighted by Gasteiger charge is -2.08. The van der Waals surface area contributed by atoms with Gasteiger partial charge in [0.2, 0.25) is 0 Å². The summed E-state index contributed by atoms with van der Waals surface area (Å²) in [7, 11) is 0. The van der Waals surface area contributed by atoms with Crippen molar-refractivity contribution in [3.8, 4) is 0 Å². The number of hydrogen-bond acceptors (Lipinski definition) is 5. The van der Waals surface area contributed by atoms with Crippen LogP contribution in [0.15, 0.2) is 60.1 Å². The minimum absolute atomic E-state index is 0.0123. The SMILES string of the molecule is CC(=O)c1cccc(Nc2ccc(NC(=O)c3cccs3)cn2)c1. The van der Waals surface area contributed by atoms with Gasteiger partial charge in [-0.05, 0) is 42.6 Å². The van der Waals surface area contributed by atoms with Gasteiger partial charge < -0.3 is 10.6 Å². The molecule has 2 N–H and O–H groups in total. The highest BCUT2D eigenvalue weighted by atomic mass is 32.1. The van der Waals surface area contributed by atoms with E-state index in [1.54, 1.807) is 36.5 Å². The summed E-state index contributed by atoms with van der Waals surface area (Å²) in [5.41, 5.74) is 2.04. The number of carbonyl (C=O) groups is 2. The van der Waals surface area contributed by atoms with Crippen molar-refractivity contribution in [3.05, 3.63) is 70.5 Å². The van der Waals surface area contributed by atoms with Crippen molar-refractivity contribution in [2.45, 2.75) is 6.92 Å². The number of thiophene rings is 1. The third-order valence-corrected chi connectivity index (χ3v) is 4.18. The highest BCUT2D eigenvalue weighted by Gasteiger charge is 2.07. The van der Waals surface area contributed by atoms with Crippen molar-refractivity contribution in [3.63, 3.8) is 0 Å². The molecule has 0 aliphatic carbocycles. The third kappa shape index (κ3) is 3.85. The number of anilines is 3. The van der Waals surface area contributed by atoms with Gasteiger partial charge >= 0.3 is 0 Å². The fourth-order valence-electron chi connectivity index (χ4n) is 2.11. The zero-order valence-corrected chi connectivity index (χ0v) is 13.8. The van der Waals surface area contributed by atoms with E-state index in [1.165, 1.54) is 18.3 Å². The maximum Gasteiger partial charge on any atom is 0.265 e. The fourth-order valence-corrected chi connectivity index (χ4v) is 2.72. The number of aromatic nitrogens is 1. The molecule has 0 saturated carbocycles. The highest BCUT2D eigenvalue weighted by molar-refractivity contribution is 7.12. The minimum Gasteiger partial charge on any atom is -0.340 e. The van der Waals surface area contributed by atoms with Crippen LogP contribution >= 0.6 is 11.3 Å². The predicted octanol–water partition coefficient (Wildman–Crippen LogP) is 4.34. The van der Waals surface area contributed by atoms with Crippen molar-refractivity contribution in [2.75, 3.05) is 10.6 Å². The number of hydrogen-bond donors (Lipinski definition) is 2. The molecule has 0 aliphatic heterocycles. The van der Waals surface area contributed by atoms with Crippen molar-refractivity contribution >= 4 is 40.2 Å². The molecular formula is C18H15N3O2S. The average Bonchev–Trinajstić information content (AvgIpc) is 3.11. The molecule has 0 saturated heterocycles. The molecule has 24 heavy (non-hydrogen) atoms. The van der Waals surface area contributed by atoms with Gasteiger partial charge in [0.25, 0.3) is 5.91 Å². The maximum absolute atomic E-state index is 12.0. The molecule has 0 fully saturated rings. The second-order valence-corrected chi connectivity index (χ2v) is 6.07. The summed E-state index contributed by atoms with van der Waals surface area (Å²) in [6.07, 6.45) is 1.59. The Morgan fingerprint density at radius 1 is 1.04 bits per heavy atom. The van der Waals surface area contributed by atoms with Crippen LogP contribution < -0.4 is 10.6 Å². The van der Waals surface area contributed by atoms with Crippen LogP contribution in [0.3, 0.4) is 0 Å². The summed E-state index contributed by atoms with van der Waals surface area (Å²) < 4.78 is 0. The number of pyridine rings is 1. The lowest BCUT2D eigenvalue weighted by Crippen LogP contribution is -2.10. The molecule has 3 aromatic rings. The Kier molecular flexibility index (Phi) is 4.67. The average molecular weight is 337 g/mol. The number of carbonyl (C=O) groups excluding carboxylic acids is 2. The van der Waals surface area contributed by atoms with Gasteiger partial charge in [-0.1, -0.05) is 18.2 Å². The van der Waals surface area contributed by atoms with Crippen LogP contribution in [0, 0.1) is 0 Å². The van der Waals surface area contributed by atoms with Crippen LogP contribution in [0.25, 0.3) is 0 Å². The van der Waals surface area contributed by atoms with E-state index < -0.39 is 0 Å². The third-order valence-electron chi connectivity index (χ3n) is 3.31. The largest absolute Gasteiger partial charge is 0.340 e. The van der Waals surface area contributed by atoms with Gasteiger partial charge in [0.15, 0.2) is 5.78 Å². The number of nitrogens with zero attached hydrogens (tertiary/aromatic N) is 1. The smallest absolute Gasteiger partial charge is 0.265 e. The van der Waals surface area contributed by atoms with Gasteiger partial charge in [0, 0.05) is 11.3 Å². The molecule has 1 amide bonds. The van der Waals surface area contributed by atoms with E-state index in [9.17, 15) is 9.59 Å². The molecular weight excluding hydrogens is 322 g/mol. The van der Waals surface area contributed by atoms with Crippen molar-refractivity contribution in [1.29, 1.82) is 0 Å². The number of benzene rings is 1. The Bertz CT molecular complexity index is 858. The summed E-state index contributed by atoms with van der Waals surface area (Å²) in [6.45, 7) is 1.53. The first-order chi connectivity index (χ1) is 11.6. The van der Waals surface area contributed by atoms with E-state index >= 15 is 0 Å². The zero-order valence-electron chi connectivity index (χ0n) is 12.9. The summed E-state index contributed by atoms with van der Waals surface area (Å²) in [5.74, 6) is 0.490. The van der Waals surface area contributed by atoms with E-state index in [1.807, 2.05) is 23.6 Å². The zero-order chi connectivity index (χ0) is 16.9. The Morgan fingerprint density at radius 2 is 1.92 bits per heavy atom. The lowest BCUT2D eigenvalue weighted by molar-refractivity contribution is 0.101. The van der Waals surface area contributed by atoms with Gasteiger partial charge in [-0.15, -0.1) is 11.3 Å². The Morgan fingerprint density at radius 3 is 2.58 bits per heavy atom. The highest BCUT2D eigenvalue weighted by Crippen LogP contribution is 2.18. The van der Waals surface area contributed by atoms with Crippen LogP contribution in [-0.2, 0) is 0 Å². The molecule has 1 aromatic carbocycles. The second-order valence-electron chi connectivity index (χ2n) is 5.13. The molecule has 0 atom stereocenters. The van der Waals surface area contributed by atoms with E-state index in [0.717, 1.165) is 5.69 Å². The van der Waals surface area contributed by atoms with Crippen molar-refractivity contribution in [1.82, 2.24) is 4.98 Å². The van der Waals surface area contributed by atoms with Crippen molar-refractivity contribution < 1.29 is 9.59 Å². The normalized spacial score (nSPS) is 10.2. The molecule has 3 rings (SSSR count). The number of nitrogens with one attached hydrogen (secondary N) is 2. The molecule has 0 spiro atoms. The van der Waals surface area contributed by atoms with Gasteiger partial charge in [-0.3, -0.25) is 9.59 Å². The van der Waals surface area contributed by atoms with E-state index in [4.69, 9.17) is 0 Å². The molecule has 0 bridgehead atoms. The number of ketones is 1. The number of rotatable bonds is 5. The molecule has 0 radical (unpaired) electrons. The maximum atomic E-state index is 12.0. The standard InChI is InChI=1S/C18H15N3O2S/c1-12(22)13-4-2-5-14(10-13)20-17-8-7-15(11-19-17)21-18(23)16-6-3-9-24-16/h2-11H,1H3,(H,19,20)(H,21,23). The predicted molar refractivity (Wildman–Crippen MR) is 96.2 cm³/mol. The molecule has 5 nitrogen and oxygen atoms in total. The summed E-state index contributed by atoms with van der Waals surface area (Å²) in [4.78, 5) is 28.3. The van der Waals surface area contributed by atoms with Crippen LogP contribution in [0.2, 0.25) is 0 Å². The fraction of sp³-hybridized carbons (Fsp3) is 0.0556. The van der Waals surface area contributed by atoms with E-state index in [-0.39, 0.29) is 11.7 Å².